The fourth-order valence-electron chi connectivity index (χ4n) is 1.55. The van der Waals surface area contributed by atoms with Crippen molar-refractivity contribution in [2.24, 2.45) is 5.28 Å². The zero-order valence-electron chi connectivity index (χ0n) is 9.33. The Kier molecular flexibility index (Phi) is 4.81. The first kappa shape index (κ1) is 12.5. The molecule has 0 amide bonds. The topological polar surface area (TPSA) is 88.2 Å². The lowest BCUT2D eigenvalue weighted by atomic mass is 10.2. The maximum absolute atomic E-state index is 11.4. The highest BCUT2D eigenvalue weighted by Gasteiger charge is 2.36. The quantitative estimate of drug-likeness (QED) is 0.320. The molecule has 0 aromatic heterocycles. The zero-order chi connectivity index (χ0) is 12.0. The summed E-state index contributed by atoms with van der Waals surface area (Å²) in [5.74, 6) is -0.998. The number of hydrogen-bond donors (Lipinski definition) is 1. The molecule has 0 bridgehead atoms. The number of unbranched alkanes of at least 4 members (excludes halogenated alkanes) is 1. The number of carbonyl (C=O) groups is 1. The number of nitrogens with zero attached hydrogens (tertiary/aromatic N) is 3. The van der Waals surface area contributed by atoms with Crippen molar-refractivity contribution >= 4 is 5.97 Å². The third-order valence-electron chi connectivity index (χ3n) is 2.45. The molecule has 1 saturated heterocycles. The van der Waals surface area contributed by atoms with Gasteiger partial charge in [0.25, 0.3) is 0 Å². The van der Waals surface area contributed by atoms with E-state index in [1.165, 1.54) is 0 Å². The van der Waals surface area contributed by atoms with E-state index in [1.54, 1.807) is 0 Å². The van der Waals surface area contributed by atoms with Gasteiger partial charge in [-0.15, -0.1) is 5.01 Å². The molecule has 0 saturated carbocycles. The molecule has 0 radical (unpaired) electrons. The summed E-state index contributed by atoms with van der Waals surface area (Å²) in [5.41, 5.74) is 0. The Morgan fingerprint density at radius 1 is 1.75 bits per heavy atom. The van der Waals surface area contributed by atoms with Crippen LogP contribution in [0.1, 0.15) is 32.6 Å². The third kappa shape index (κ3) is 3.25. The fraction of sp³-hybridized carbons (Fsp3) is 0.889. The predicted octanol–water partition coefficient (Wildman–Crippen LogP) is 1.14. The number of carboxylic acids is 1. The van der Waals surface area contributed by atoms with Gasteiger partial charge in [-0.25, -0.2) is 4.79 Å². The molecule has 92 valence electrons. The lowest BCUT2D eigenvalue weighted by Crippen LogP contribution is -2.40. The van der Waals surface area contributed by atoms with Crippen LogP contribution in [0.2, 0.25) is 0 Å². The molecular formula is C9H17N3O4. The van der Waals surface area contributed by atoms with Gasteiger partial charge in [0.2, 0.25) is 5.28 Å². The Morgan fingerprint density at radius 3 is 3.12 bits per heavy atom. The van der Waals surface area contributed by atoms with Gasteiger partial charge in [-0.3, -0.25) is 0 Å². The summed E-state index contributed by atoms with van der Waals surface area (Å²) < 4.78 is 0. The number of hydrogen-bond acceptors (Lipinski definition) is 4. The van der Waals surface area contributed by atoms with Gasteiger partial charge in [0.1, 0.15) is 6.61 Å². The van der Waals surface area contributed by atoms with Crippen molar-refractivity contribution in [3.8, 4) is 0 Å². The standard InChI is InChI=1S/C9H17N3O4/c1-2-3-7-16-10-12(15)11-6-4-5-8(11)9(13)14/h8H,2-7H2,1H3,(H,13,14)/b12-10+/t8-/m0/s1. The molecule has 0 unspecified atom stereocenters. The van der Waals surface area contributed by atoms with Gasteiger partial charge < -0.3 is 15.2 Å². The van der Waals surface area contributed by atoms with E-state index in [0.29, 0.717) is 26.0 Å². The number of rotatable bonds is 6. The average molecular weight is 231 g/mol. The minimum atomic E-state index is -0.998. The maximum Gasteiger partial charge on any atom is 0.332 e. The second-order valence-electron chi connectivity index (χ2n) is 3.68. The second kappa shape index (κ2) is 6.14. The molecule has 1 aliphatic heterocycles. The van der Waals surface area contributed by atoms with Crippen LogP contribution >= 0.6 is 0 Å². The van der Waals surface area contributed by atoms with Gasteiger partial charge in [0.05, 0.1) is 11.5 Å². The number of carboxylic acid groups (broad SMARTS) is 1. The average Bonchev–Trinajstić information content (AvgIpc) is 2.73. The first-order chi connectivity index (χ1) is 7.66. The maximum atomic E-state index is 11.4. The van der Waals surface area contributed by atoms with Crippen LogP contribution in [0.15, 0.2) is 5.28 Å². The molecule has 1 aliphatic rings. The first-order valence-electron chi connectivity index (χ1n) is 5.46. The summed E-state index contributed by atoms with van der Waals surface area (Å²) in [6.45, 7) is 2.78. The van der Waals surface area contributed by atoms with Crippen LogP contribution in [0.4, 0.5) is 0 Å². The van der Waals surface area contributed by atoms with Crippen molar-refractivity contribution in [2.45, 2.75) is 38.6 Å². The molecule has 0 aromatic rings. The Labute approximate surface area is 93.8 Å². The SMILES string of the molecule is CCCCO/N=[N+](/[O-])N1CCC[C@H]1C(=O)O. The van der Waals surface area contributed by atoms with Crippen LogP contribution in [0.3, 0.4) is 0 Å². The molecule has 16 heavy (non-hydrogen) atoms. The van der Waals surface area contributed by atoms with Crippen molar-refractivity contribution in [1.82, 2.24) is 5.01 Å². The summed E-state index contributed by atoms with van der Waals surface area (Å²) in [6.07, 6.45) is 2.92. The van der Waals surface area contributed by atoms with Crippen LogP contribution in [0.25, 0.3) is 0 Å². The highest BCUT2D eigenvalue weighted by Crippen LogP contribution is 2.17. The van der Waals surface area contributed by atoms with E-state index < -0.39 is 12.0 Å². The van der Waals surface area contributed by atoms with Gasteiger partial charge in [0, 0.05) is 0 Å². The van der Waals surface area contributed by atoms with E-state index in [2.05, 4.69) is 5.28 Å². The summed E-state index contributed by atoms with van der Waals surface area (Å²) in [5, 5.41) is 24.7. The number of aliphatic carboxylic acids is 1. The smallest absolute Gasteiger partial charge is 0.332 e. The lowest BCUT2D eigenvalue weighted by molar-refractivity contribution is -0.712. The third-order valence-corrected chi connectivity index (χ3v) is 2.45. The van der Waals surface area contributed by atoms with Crippen molar-refractivity contribution in [3.05, 3.63) is 5.21 Å². The molecule has 1 rings (SSSR count). The van der Waals surface area contributed by atoms with Crippen LogP contribution < -0.4 is 0 Å². The molecule has 1 atom stereocenters. The van der Waals surface area contributed by atoms with Crippen molar-refractivity contribution in [2.75, 3.05) is 13.2 Å². The monoisotopic (exact) mass is 231 g/mol. The van der Waals surface area contributed by atoms with E-state index >= 15 is 0 Å². The van der Waals surface area contributed by atoms with E-state index in [-0.39, 0.29) is 4.97 Å². The zero-order valence-corrected chi connectivity index (χ0v) is 9.33. The molecule has 1 heterocycles. The van der Waals surface area contributed by atoms with E-state index in [4.69, 9.17) is 9.94 Å². The molecule has 0 spiro atoms. The molecule has 7 nitrogen and oxygen atoms in total. The van der Waals surface area contributed by atoms with Crippen molar-refractivity contribution < 1.29 is 19.7 Å². The summed E-state index contributed by atoms with van der Waals surface area (Å²) >= 11 is 0. The van der Waals surface area contributed by atoms with Gasteiger partial charge in [0.15, 0.2) is 6.04 Å². The van der Waals surface area contributed by atoms with E-state index in [0.717, 1.165) is 17.9 Å². The Morgan fingerprint density at radius 2 is 2.50 bits per heavy atom. The number of hydrazine groups is 1. The molecule has 0 aromatic carbocycles. The Bertz CT molecular complexity index is 269. The molecule has 7 heteroatoms. The Balaban J connectivity index is 2.45. The summed E-state index contributed by atoms with van der Waals surface area (Å²) in [4.78, 5) is 15.8. The summed E-state index contributed by atoms with van der Waals surface area (Å²) in [7, 11) is 0. The highest BCUT2D eigenvalue weighted by molar-refractivity contribution is 5.73. The first-order valence-corrected chi connectivity index (χ1v) is 5.46. The fourth-order valence-corrected chi connectivity index (χ4v) is 1.55. The van der Waals surface area contributed by atoms with Gasteiger partial charge in [-0.2, -0.15) is 0 Å². The van der Waals surface area contributed by atoms with Crippen LogP contribution in [-0.2, 0) is 9.63 Å². The largest absolute Gasteiger partial charge is 0.569 e. The van der Waals surface area contributed by atoms with Gasteiger partial charge in [-0.1, -0.05) is 13.3 Å². The van der Waals surface area contributed by atoms with Crippen molar-refractivity contribution in [3.63, 3.8) is 0 Å². The molecular weight excluding hydrogens is 214 g/mol. The predicted molar refractivity (Wildman–Crippen MR) is 54.3 cm³/mol. The molecule has 0 aliphatic carbocycles. The van der Waals surface area contributed by atoms with Gasteiger partial charge in [-0.05, 0) is 19.3 Å². The van der Waals surface area contributed by atoms with E-state index in [9.17, 15) is 10.0 Å². The van der Waals surface area contributed by atoms with E-state index in [1.807, 2.05) is 6.92 Å². The minimum absolute atomic E-state index is 0.251. The van der Waals surface area contributed by atoms with Crippen molar-refractivity contribution in [1.29, 1.82) is 0 Å². The Hall–Kier alpha value is -1.53. The molecule has 1 N–H and O–H groups in total. The summed E-state index contributed by atoms with van der Waals surface area (Å²) in [6, 6.07) is -0.781. The van der Waals surface area contributed by atoms with Gasteiger partial charge >= 0.3 is 5.97 Å². The second-order valence-corrected chi connectivity index (χ2v) is 3.68. The minimum Gasteiger partial charge on any atom is -0.569 e. The van der Waals surface area contributed by atoms with Crippen LogP contribution in [0, 0.1) is 5.21 Å². The lowest BCUT2D eigenvalue weighted by Gasteiger charge is -2.16. The van der Waals surface area contributed by atoms with Crippen LogP contribution in [-0.4, -0.2) is 40.2 Å². The van der Waals surface area contributed by atoms with Crippen LogP contribution in [0.5, 0.6) is 0 Å². The highest BCUT2D eigenvalue weighted by atomic mass is 16.7. The normalized spacial score (nSPS) is 21.2. The molecule has 1 fully saturated rings.